The fourth-order valence-electron chi connectivity index (χ4n) is 3.18. The van der Waals surface area contributed by atoms with Gasteiger partial charge in [0.05, 0.1) is 5.60 Å². The van der Waals surface area contributed by atoms with E-state index in [1.54, 1.807) is 17.3 Å². The fraction of sp³-hybridized carbons (Fsp3) is 0.474. The molecule has 3 rings (SSSR count). The summed E-state index contributed by atoms with van der Waals surface area (Å²) in [5.74, 6) is 0. The van der Waals surface area contributed by atoms with Crippen LogP contribution in [0.2, 0.25) is 0 Å². The standard InChI is InChI=1S/C19H24N2O3/c1-18(2,3)24-17(22)21-11-8-19(23,9-12-21)16-6-4-5-14-13-20-10-7-15(14)16/h4-7,10,13,23H,8-9,11-12H2,1-3H3. The summed E-state index contributed by atoms with van der Waals surface area (Å²) in [5.41, 5.74) is -0.529. The fourth-order valence-corrected chi connectivity index (χ4v) is 3.18. The van der Waals surface area contributed by atoms with Gasteiger partial charge in [0, 0.05) is 30.9 Å². The normalized spacial score (nSPS) is 17.8. The van der Waals surface area contributed by atoms with E-state index in [9.17, 15) is 9.90 Å². The molecule has 1 saturated heterocycles. The molecule has 1 fully saturated rings. The number of amides is 1. The number of aromatic nitrogens is 1. The Labute approximate surface area is 142 Å². The summed E-state index contributed by atoms with van der Waals surface area (Å²) in [4.78, 5) is 18.0. The van der Waals surface area contributed by atoms with Gasteiger partial charge < -0.3 is 14.7 Å². The number of hydrogen-bond donors (Lipinski definition) is 1. The summed E-state index contributed by atoms with van der Waals surface area (Å²) >= 11 is 0. The molecule has 0 spiro atoms. The van der Waals surface area contributed by atoms with Crippen molar-refractivity contribution in [1.29, 1.82) is 0 Å². The summed E-state index contributed by atoms with van der Waals surface area (Å²) in [6, 6.07) is 7.83. The lowest BCUT2D eigenvalue weighted by Crippen LogP contribution is -2.46. The van der Waals surface area contributed by atoms with E-state index in [2.05, 4.69) is 4.98 Å². The summed E-state index contributed by atoms with van der Waals surface area (Å²) in [6.45, 7) is 6.53. The molecule has 24 heavy (non-hydrogen) atoms. The molecule has 0 saturated carbocycles. The van der Waals surface area contributed by atoms with Crippen LogP contribution in [0.3, 0.4) is 0 Å². The lowest BCUT2D eigenvalue weighted by atomic mass is 9.82. The first-order valence-corrected chi connectivity index (χ1v) is 8.32. The minimum atomic E-state index is -0.931. The third kappa shape index (κ3) is 3.36. The second kappa shape index (κ2) is 6.06. The number of rotatable bonds is 1. The maximum absolute atomic E-state index is 12.2. The van der Waals surface area contributed by atoms with Crippen molar-refractivity contribution in [1.82, 2.24) is 9.88 Å². The number of fused-ring (bicyclic) bond motifs is 1. The Morgan fingerprint density at radius 1 is 1.25 bits per heavy atom. The predicted molar refractivity (Wildman–Crippen MR) is 92.7 cm³/mol. The van der Waals surface area contributed by atoms with E-state index in [1.165, 1.54) is 0 Å². The lowest BCUT2D eigenvalue weighted by Gasteiger charge is -2.39. The predicted octanol–water partition coefficient (Wildman–Crippen LogP) is 3.45. The molecule has 2 heterocycles. The van der Waals surface area contributed by atoms with E-state index in [4.69, 9.17) is 4.74 Å². The van der Waals surface area contributed by atoms with E-state index < -0.39 is 11.2 Å². The molecule has 1 aliphatic rings. The number of pyridine rings is 1. The van der Waals surface area contributed by atoms with Gasteiger partial charge in [0.25, 0.3) is 0 Å². The van der Waals surface area contributed by atoms with Crippen molar-refractivity contribution < 1.29 is 14.6 Å². The molecule has 1 aromatic heterocycles. The van der Waals surface area contributed by atoms with Crippen molar-refractivity contribution in [3.8, 4) is 0 Å². The zero-order valence-corrected chi connectivity index (χ0v) is 14.5. The lowest BCUT2D eigenvalue weighted by molar-refractivity contribution is -0.0347. The zero-order chi connectivity index (χ0) is 17.4. The van der Waals surface area contributed by atoms with Crippen molar-refractivity contribution in [3.63, 3.8) is 0 Å². The van der Waals surface area contributed by atoms with Gasteiger partial charge in [-0.15, -0.1) is 0 Å². The van der Waals surface area contributed by atoms with Gasteiger partial charge in [0.2, 0.25) is 0 Å². The van der Waals surface area contributed by atoms with Gasteiger partial charge in [-0.1, -0.05) is 18.2 Å². The third-order valence-electron chi connectivity index (χ3n) is 4.42. The van der Waals surface area contributed by atoms with Crippen molar-refractivity contribution >= 4 is 16.9 Å². The minimum absolute atomic E-state index is 0.313. The van der Waals surface area contributed by atoms with Gasteiger partial charge in [-0.25, -0.2) is 4.79 Å². The number of nitrogens with zero attached hydrogens (tertiary/aromatic N) is 2. The Bertz CT molecular complexity index is 738. The second-order valence-corrected chi connectivity index (χ2v) is 7.40. The van der Waals surface area contributed by atoms with Crippen molar-refractivity contribution in [3.05, 3.63) is 42.2 Å². The highest BCUT2D eigenvalue weighted by Crippen LogP contribution is 2.37. The van der Waals surface area contributed by atoms with Crippen LogP contribution in [0.4, 0.5) is 4.79 Å². The number of hydrogen-bond acceptors (Lipinski definition) is 4. The molecule has 2 aromatic rings. The zero-order valence-electron chi connectivity index (χ0n) is 14.5. The number of likely N-dealkylation sites (tertiary alicyclic amines) is 1. The van der Waals surface area contributed by atoms with Crippen LogP contribution < -0.4 is 0 Å². The van der Waals surface area contributed by atoms with Crippen LogP contribution >= 0.6 is 0 Å². The highest BCUT2D eigenvalue weighted by atomic mass is 16.6. The summed E-state index contributed by atoms with van der Waals surface area (Å²) in [7, 11) is 0. The van der Waals surface area contributed by atoms with Gasteiger partial charge in [-0.05, 0) is 50.6 Å². The molecule has 0 aliphatic carbocycles. The number of aliphatic hydroxyl groups is 1. The van der Waals surface area contributed by atoms with Crippen LogP contribution in [0.15, 0.2) is 36.7 Å². The largest absolute Gasteiger partial charge is 0.444 e. The molecule has 0 atom stereocenters. The average molecular weight is 328 g/mol. The van der Waals surface area contributed by atoms with Crippen LogP contribution in [0, 0.1) is 0 Å². The number of benzene rings is 1. The van der Waals surface area contributed by atoms with Crippen molar-refractivity contribution in [2.45, 2.75) is 44.8 Å². The van der Waals surface area contributed by atoms with Gasteiger partial charge in [0.15, 0.2) is 0 Å². The van der Waals surface area contributed by atoms with E-state index >= 15 is 0 Å². The van der Waals surface area contributed by atoms with Crippen LogP contribution in [0.5, 0.6) is 0 Å². The highest BCUT2D eigenvalue weighted by molar-refractivity contribution is 5.85. The Kier molecular flexibility index (Phi) is 4.22. The molecule has 0 unspecified atom stereocenters. The summed E-state index contributed by atoms with van der Waals surface area (Å²) in [5, 5.41) is 13.2. The number of piperidine rings is 1. The molecule has 1 aromatic carbocycles. The van der Waals surface area contributed by atoms with E-state index in [0.29, 0.717) is 25.9 Å². The molecular formula is C19H24N2O3. The van der Waals surface area contributed by atoms with E-state index in [0.717, 1.165) is 16.3 Å². The molecule has 5 heteroatoms. The monoisotopic (exact) mass is 328 g/mol. The number of carbonyl (C=O) groups is 1. The Hall–Kier alpha value is -2.14. The average Bonchev–Trinajstić information content (AvgIpc) is 2.53. The molecule has 128 valence electrons. The molecule has 1 aliphatic heterocycles. The first kappa shape index (κ1) is 16.7. The van der Waals surface area contributed by atoms with Crippen LogP contribution in [-0.2, 0) is 10.3 Å². The molecule has 5 nitrogen and oxygen atoms in total. The minimum Gasteiger partial charge on any atom is -0.444 e. The highest BCUT2D eigenvalue weighted by Gasteiger charge is 2.37. The number of carbonyl (C=O) groups excluding carboxylic acids is 1. The van der Waals surface area contributed by atoms with Crippen molar-refractivity contribution in [2.75, 3.05) is 13.1 Å². The third-order valence-corrected chi connectivity index (χ3v) is 4.42. The quantitative estimate of drug-likeness (QED) is 0.871. The van der Waals surface area contributed by atoms with Gasteiger partial charge in [-0.3, -0.25) is 4.98 Å². The molecule has 0 radical (unpaired) electrons. The Morgan fingerprint density at radius 3 is 2.62 bits per heavy atom. The Morgan fingerprint density at radius 2 is 1.96 bits per heavy atom. The molecule has 0 bridgehead atoms. The molecule has 1 amide bonds. The van der Waals surface area contributed by atoms with Crippen molar-refractivity contribution in [2.24, 2.45) is 0 Å². The SMILES string of the molecule is CC(C)(C)OC(=O)N1CCC(O)(c2cccc3cnccc23)CC1. The van der Waals surface area contributed by atoms with Gasteiger partial charge in [0.1, 0.15) is 5.60 Å². The maximum atomic E-state index is 12.2. The summed E-state index contributed by atoms with van der Waals surface area (Å²) in [6.07, 6.45) is 4.22. The van der Waals surface area contributed by atoms with Gasteiger partial charge in [-0.2, -0.15) is 0 Å². The van der Waals surface area contributed by atoms with Crippen LogP contribution in [0.25, 0.3) is 10.8 Å². The number of ether oxygens (including phenoxy) is 1. The molecular weight excluding hydrogens is 304 g/mol. The smallest absolute Gasteiger partial charge is 0.410 e. The molecule has 1 N–H and O–H groups in total. The topological polar surface area (TPSA) is 62.7 Å². The first-order chi connectivity index (χ1) is 11.3. The van der Waals surface area contributed by atoms with Gasteiger partial charge >= 0.3 is 6.09 Å². The summed E-state index contributed by atoms with van der Waals surface area (Å²) < 4.78 is 5.42. The van der Waals surface area contributed by atoms with Crippen LogP contribution in [0.1, 0.15) is 39.2 Å². The second-order valence-electron chi connectivity index (χ2n) is 7.40. The Balaban J connectivity index is 1.78. The van der Waals surface area contributed by atoms with E-state index in [-0.39, 0.29) is 6.09 Å². The first-order valence-electron chi connectivity index (χ1n) is 8.32. The maximum Gasteiger partial charge on any atom is 0.410 e. The van der Waals surface area contributed by atoms with E-state index in [1.807, 2.05) is 45.0 Å². The van der Waals surface area contributed by atoms with Crippen LogP contribution in [-0.4, -0.2) is 39.8 Å².